The largest absolute Gasteiger partial charge is 0.476 e. The summed E-state index contributed by atoms with van der Waals surface area (Å²) in [6.07, 6.45) is 3.17. The van der Waals surface area contributed by atoms with Crippen molar-refractivity contribution in [3.63, 3.8) is 0 Å². The van der Waals surface area contributed by atoms with Crippen LogP contribution in [0.15, 0.2) is 41.1 Å². The van der Waals surface area contributed by atoms with Gasteiger partial charge in [0, 0.05) is 37.2 Å². The fourth-order valence-electron chi connectivity index (χ4n) is 6.59. The van der Waals surface area contributed by atoms with Gasteiger partial charge in [0.2, 0.25) is 11.8 Å². The molecule has 288 valence electrons. The number of carbonyl (C=O) groups excluding carboxylic acids is 4. The molecule has 1 aliphatic heterocycles. The number of hydrogen-bond donors (Lipinski definition) is 3. The molecule has 13 nitrogen and oxygen atoms in total. The van der Waals surface area contributed by atoms with Crippen LogP contribution >= 0.6 is 22.7 Å². The van der Waals surface area contributed by atoms with Gasteiger partial charge in [0.1, 0.15) is 21.8 Å². The SMILES string of the molecule is CCC(C)C(NC(=O)[C@H]1CCCCN1C)C(=O)N(C)C(CC(OC(C)=O)c1nc(C(=O)NC(Cc2ccccc2)c2nc(C(=O)O)cs2)cs1)C(C)C. The number of nitrogens with one attached hydrogen (secondary N) is 2. The van der Waals surface area contributed by atoms with Crippen molar-refractivity contribution >= 4 is 52.3 Å². The lowest BCUT2D eigenvalue weighted by molar-refractivity contribution is -0.149. The molecular weight excluding hydrogens is 717 g/mol. The minimum absolute atomic E-state index is 0.0600. The van der Waals surface area contributed by atoms with Crippen LogP contribution in [0.25, 0.3) is 0 Å². The molecule has 1 aliphatic rings. The minimum Gasteiger partial charge on any atom is -0.476 e. The van der Waals surface area contributed by atoms with Crippen molar-refractivity contribution in [3.05, 3.63) is 68.1 Å². The molecule has 3 amide bonds. The molecule has 0 radical (unpaired) electrons. The lowest BCUT2D eigenvalue weighted by Crippen LogP contribution is -2.58. The summed E-state index contributed by atoms with van der Waals surface area (Å²) in [5, 5.41) is 19.3. The van der Waals surface area contributed by atoms with Gasteiger partial charge in [-0.05, 0) is 50.3 Å². The number of amides is 3. The third kappa shape index (κ3) is 11.2. The van der Waals surface area contributed by atoms with Crippen LogP contribution in [0.5, 0.6) is 0 Å². The average Bonchev–Trinajstić information content (AvgIpc) is 3.83. The quantitative estimate of drug-likeness (QED) is 0.149. The summed E-state index contributed by atoms with van der Waals surface area (Å²) in [7, 11) is 3.65. The van der Waals surface area contributed by atoms with Crippen LogP contribution in [0, 0.1) is 11.8 Å². The van der Waals surface area contributed by atoms with Gasteiger partial charge in [-0.15, -0.1) is 22.7 Å². The van der Waals surface area contributed by atoms with E-state index in [-0.39, 0.29) is 47.5 Å². The number of aromatic nitrogens is 2. The Morgan fingerprint density at radius 2 is 1.66 bits per heavy atom. The number of benzene rings is 1. The molecule has 3 heterocycles. The molecular formula is C38H52N6O7S2. The fraction of sp³-hybridized carbons (Fsp3) is 0.553. The molecule has 3 N–H and O–H groups in total. The van der Waals surface area contributed by atoms with E-state index in [9.17, 15) is 29.1 Å². The summed E-state index contributed by atoms with van der Waals surface area (Å²) in [4.78, 5) is 77.7. The topological polar surface area (TPSA) is 171 Å². The van der Waals surface area contributed by atoms with Gasteiger partial charge >= 0.3 is 11.9 Å². The van der Waals surface area contributed by atoms with Gasteiger partial charge in [0.15, 0.2) is 11.8 Å². The lowest BCUT2D eigenvalue weighted by atomic mass is 9.92. The molecule has 4 rings (SSSR count). The zero-order valence-electron chi connectivity index (χ0n) is 31.5. The summed E-state index contributed by atoms with van der Waals surface area (Å²) >= 11 is 2.32. The molecule has 0 saturated carbocycles. The first-order chi connectivity index (χ1) is 25.2. The van der Waals surface area contributed by atoms with E-state index in [2.05, 4.69) is 20.6 Å². The highest BCUT2D eigenvalue weighted by Crippen LogP contribution is 2.32. The van der Waals surface area contributed by atoms with Crippen molar-refractivity contribution in [1.29, 1.82) is 0 Å². The van der Waals surface area contributed by atoms with Crippen molar-refractivity contribution in [2.75, 3.05) is 20.6 Å². The number of likely N-dealkylation sites (tertiary alicyclic amines) is 1. The van der Waals surface area contributed by atoms with Crippen LogP contribution in [0.1, 0.15) is 115 Å². The van der Waals surface area contributed by atoms with Crippen LogP contribution < -0.4 is 10.6 Å². The first-order valence-corrected chi connectivity index (χ1v) is 19.9. The normalized spacial score (nSPS) is 17.6. The molecule has 3 aromatic rings. The van der Waals surface area contributed by atoms with Gasteiger partial charge in [-0.2, -0.15) is 0 Å². The third-order valence-corrected chi connectivity index (χ3v) is 11.8. The van der Waals surface area contributed by atoms with E-state index >= 15 is 0 Å². The first kappa shape index (κ1) is 41.5. The number of hydrogen-bond acceptors (Lipinski definition) is 11. The molecule has 5 unspecified atom stereocenters. The van der Waals surface area contributed by atoms with Crippen LogP contribution in [0.2, 0.25) is 0 Å². The molecule has 1 saturated heterocycles. The molecule has 0 spiro atoms. The van der Waals surface area contributed by atoms with E-state index in [4.69, 9.17) is 4.74 Å². The summed E-state index contributed by atoms with van der Waals surface area (Å²) in [5.74, 6) is -2.72. The molecule has 1 fully saturated rings. The number of aromatic carboxylic acids is 1. The summed E-state index contributed by atoms with van der Waals surface area (Å²) in [5.41, 5.74) is 0.928. The Bertz CT molecular complexity index is 1710. The van der Waals surface area contributed by atoms with Gasteiger partial charge < -0.3 is 25.4 Å². The second-order valence-electron chi connectivity index (χ2n) is 14.1. The van der Waals surface area contributed by atoms with Gasteiger partial charge in [0.25, 0.3) is 5.91 Å². The van der Waals surface area contributed by atoms with Crippen LogP contribution in [0.4, 0.5) is 0 Å². The van der Waals surface area contributed by atoms with Gasteiger partial charge in [-0.25, -0.2) is 14.8 Å². The summed E-state index contributed by atoms with van der Waals surface area (Å²) in [6, 6.07) is 7.43. The average molecular weight is 769 g/mol. The van der Waals surface area contributed by atoms with Crippen molar-refractivity contribution in [1.82, 2.24) is 30.4 Å². The number of carbonyl (C=O) groups is 5. The summed E-state index contributed by atoms with van der Waals surface area (Å²) in [6.45, 7) is 10.0. The predicted octanol–water partition coefficient (Wildman–Crippen LogP) is 5.50. The monoisotopic (exact) mass is 768 g/mol. The Morgan fingerprint density at radius 1 is 1.00 bits per heavy atom. The standard InChI is InChI=1S/C38H52N6O7S2/c1-8-23(4)32(42-34(47)29-16-12-13-17-43(29)6)37(48)44(7)30(22(2)3)19-31(51-24(5)45)36-40-27(20-53-36)33(46)39-26(18-25-14-10-9-11-15-25)35-41-28(21-52-35)38(49)50/h9-11,14-15,20-23,26,29-32H,8,12-13,16-19H2,1-7H3,(H,39,46)(H,42,47)(H,49,50)/t23?,26?,29-,30?,31?,32?/m1/s1. The van der Waals surface area contributed by atoms with Crippen molar-refractivity contribution in [2.45, 2.75) is 103 Å². The Hall–Kier alpha value is -4.21. The maximum atomic E-state index is 14.2. The van der Waals surface area contributed by atoms with E-state index < -0.39 is 42.1 Å². The van der Waals surface area contributed by atoms with Crippen molar-refractivity contribution < 1.29 is 33.8 Å². The summed E-state index contributed by atoms with van der Waals surface area (Å²) < 4.78 is 5.78. The third-order valence-electron chi connectivity index (χ3n) is 9.89. The first-order valence-electron chi connectivity index (χ1n) is 18.1. The van der Waals surface area contributed by atoms with E-state index in [0.717, 1.165) is 42.7 Å². The number of carboxylic acid groups (broad SMARTS) is 1. The number of likely N-dealkylation sites (N-methyl/N-ethyl adjacent to an activating group) is 2. The Kier molecular flexibility index (Phi) is 15.1. The van der Waals surface area contributed by atoms with Crippen LogP contribution in [-0.4, -0.2) is 93.3 Å². The van der Waals surface area contributed by atoms with Gasteiger partial charge in [0.05, 0.1) is 12.1 Å². The number of nitrogens with zero attached hydrogens (tertiary/aromatic N) is 4. The Labute approximate surface area is 319 Å². The second-order valence-corrected chi connectivity index (χ2v) is 15.9. The number of thiazole rings is 2. The molecule has 0 aliphatic carbocycles. The van der Waals surface area contributed by atoms with Crippen molar-refractivity contribution in [2.24, 2.45) is 11.8 Å². The molecule has 15 heteroatoms. The highest BCUT2D eigenvalue weighted by molar-refractivity contribution is 7.10. The van der Waals surface area contributed by atoms with Gasteiger partial charge in [-0.3, -0.25) is 24.1 Å². The van der Waals surface area contributed by atoms with E-state index in [1.807, 2.05) is 70.0 Å². The number of esters is 1. The second kappa shape index (κ2) is 19.2. The smallest absolute Gasteiger partial charge is 0.355 e. The van der Waals surface area contributed by atoms with E-state index in [0.29, 0.717) is 22.9 Å². The van der Waals surface area contributed by atoms with Gasteiger partial charge in [-0.1, -0.05) is 70.9 Å². The highest BCUT2D eigenvalue weighted by Gasteiger charge is 2.37. The zero-order chi connectivity index (χ0) is 38.8. The number of rotatable bonds is 17. The predicted molar refractivity (Wildman–Crippen MR) is 204 cm³/mol. The zero-order valence-corrected chi connectivity index (χ0v) is 33.2. The van der Waals surface area contributed by atoms with E-state index in [1.54, 1.807) is 17.3 Å². The lowest BCUT2D eigenvalue weighted by Gasteiger charge is -2.38. The maximum Gasteiger partial charge on any atom is 0.355 e. The maximum absolute atomic E-state index is 14.2. The number of carboxylic acids is 1. The fourth-order valence-corrected chi connectivity index (χ4v) is 8.27. The highest BCUT2D eigenvalue weighted by atomic mass is 32.1. The van der Waals surface area contributed by atoms with Crippen LogP contribution in [0.3, 0.4) is 0 Å². The van der Waals surface area contributed by atoms with E-state index in [1.165, 1.54) is 23.6 Å². The number of piperidine rings is 1. The molecule has 1 aromatic carbocycles. The van der Waals surface area contributed by atoms with Crippen LogP contribution in [-0.2, 0) is 25.5 Å². The van der Waals surface area contributed by atoms with Crippen molar-refractivity contribution in [3.8, 4) is 0 Å². The Morgan fingerprint density at radius 3 is 2.26 bits per heavy atom. The number of ether oxygens (including phenoxy) is 1. The molecule has 53 heavy (non-hydrogen) atoms. The molecule has 6 atom stereocenters. The minimum atomic E-state index is -1.16. The molecule has 0 bridgehead atoms. The molecule has 2 aromatic heterocycles. The Balaban J connectivity index is 1.54.